The lowest BCUT2D eigenvalue weighted by Gasteiger charge is -1.97. The van der Waals surface area contributed by atoms with Crippen LogP contribution in [0.3, 0.4) is 0 Å². The third kappa shape index (κ3) is 2.39. The predicted molar refractivity (Wildman–Crippen MR) is 66.6 cm³/mol. The molecule has 0 atom stereocenters. The molecular weight excluding hydrogens is 244 g/mol. The number of hydrogen-bond donors (Lipinski definition) is 0. The first-order valence-corrected chi connectivity index (χ1v) is 5.60. The van der Waals surface area contributed by atoms with Crippen LogP contribution in [0.15, 0.2) is 47.7 Å². The lowest BCUT2D eigenvalue weighted by atomic mass is 10.2. The SMILES string of the molecule is C=C(Cn1nnc(-c2ccccc2)n1)c1nnco1. The Bertz CT molecular complexity index is 673. The lowest BCUT2D eigenvalue weighted by molar-refractivity contribution is 0.522. The number of hydrogen-bond acceptors (Lipinski definition) is 6. The Morgan fingerprint density at radius 3 is 2.79 bits per heavy atom. The second kappa shape index (κ2) is 4.81. The number of rotatable bonds is 4. The number of tetrazole rings is 1. The molecule has 0 bridgehead atoms. The third-order valence-electron chi connectivity index (χ3n) is 2.48. The molecule has 0 fully saturated rings. The minimum atomic E-state index is 0.349. The molecular formula is C12H10N6O. The van der Waals surface area contributed by atoms with Crippen molar-refractivity contribution in [2.24, 2.45) is 0 Å². The fraction of sp³-hybridized carbons (Fsp3) is 0.0833. The molecule has 1 aromatic carbocycles. The molecule has 0 amide bonds. The van der Waals surface area contributed by atoms with E-state index in [4.69, 9.17) is 4.42 Å². The first-order chi connectivity index (χ1) is 9.33. The maximum absolute atomic E-state index is 5.05. The summed E-state index contributed by atoms with van der Waals surface area (Å²) in [6.07, 6.45) is 1.25. The number of aromatic nitrogens is 6. The van der Waals surface area contributed by atoms with Gasteiger partial charge in [0.2, 0.25) is 18.1 Å². The van der Waals surface area contributed by atoms with E-state index in [9.17, 15) is 0 Å². The largest absolute Gasteiger partial charge is 0.424 e. The summed E-state index contributed by atoms with van der Waals surface area (Å²) in [7, 11) is 0. The van der Waals surface area contributed by atoms with E-state index in [0.717, 1.165) is 5.56 Å². The highest BCUT2D eigenvalue weighted by Crippen LogP contribution is 2.13. The van der Waals surface area contributed by atoms with Crippen LogP contribution in [-0.4, -0.2) is 30.4 Å². The molecule has 19 heavy (non-hydrogen) atoms. The Morgan fingerprint density at radius 2 is 2.05 bits per heavy atom. The monoisotopic (exact) mass is 254 g/mol. The van der Waals surface area contributed by atoms with Crippen molar-refractivity contribution in [2.75, 3.05) is 0 Å². The minimum Gasteiger partial charge on any atom is -0.424 e. The number of nitrogens with zero attached hydrogens (tertiary/aromatic N) is 6. The molecule has 0 unspecified atom stereocenters. The van der Waals surface area contributed by atoms with E-state index in [-0.39, 0.29) is 0 Å². The van der Waals surface area contributed by atoms with Gasteiger partial charge in [0, 0.05) is 11.1 Å². The van der Waals surface area contributed by atoms with Crippen LogP contribution in [0.1, 0.15) is 5.89 Å². The van der Waals surface area contributed by atoms with Crippen LogP contribution in [0.2, 0.25) is 0 Å². The van der Waals surface area contributed by atoms with Gasteiger partial charge in [-0.1, -0.05) is 36.9 Å². The van der Waals surface area contributed by atoms with Crippen molar-refractivity contribution in [1.82, 2.24) is 30.4 Å². The van der Waals surface area contributed by atoms with Gasteiger partial charge in [0.25, 0.3) is 0 Å². The first kappa shape index (κ1) is 11.3. The van der Waals surface area contributed by atoms with Gasteiger partial charge in [-0.2, -0.15) is 4.80 Å². The fourth-order valence-electron chi connectivity index (χ4n) is 1.58. The van der Waals surface area contributed by atoms with Crippen LogP contribution in [0.4, 0.5) is 0 Å². The van der Waals surface area contributed by atoms with E-state index >= 15 is 0 Å². The van der Waals surface area contributed by atoms with Gasteiger partial charge in [0.1, 0.15) is 0 Å². The lowest BCUT2D eigenvalue weighted by Crippen LogP contribution is -2.04. The van der Waals surface area contributed by atoms with Gasteiger partial charge in [-0.15, -0.1) is 20.4 Å². The highest BCUT2D eigenvalue weighted by Gasteiger charge is 2.09. The van der Waals surface area contributed by atoms with E-state index in [1.807, 2.05) is 30.3 Å². The van der Waals surface area contributed by atoms with Crippen LogP contribution in [0.5, 0.6) is 0 Å². The Kier molecular flexibility index (Phi) is 2.85. The Balaban J connectivity index is 1.77. The molecule has 0 aliphatic carbocycles. The quantitative estimate of drug-likeness (QED) is 0.700. The topological polar surface area (TPSA) is 82.5 Å². The molecule has 94 valence electrons. The molecule has 0 aliphatic rings. The minimum absolute atomic E-state index is 0.349. The van der Waals surface area contributed by atoms with Crippen molar-refractivity contribution in [2.45, 2.75) is 6.54 Å². The molecule has 2 aromatic heterocycles. The van der Waals surface area contributed by atoms with Gasteiger partial charge >= 0.3 is 0 Å². The van der Waals surface area contributed by atoms with Gasteiger partial charge in [0.15, 0.2) is 0 Å². The second-order valence-electron chi connectivity index (χ2n) is 3.86. The fourth-order valence-corrected chi connectivity index (χ4v) is 1.58. The summed E-state index contributed by atoms with van der Waals surface area (Å²) in [5.41, 5.74) is 1.55. The average molecular weight is 254 g/mol. The molecule has 3 aromatic rings. The highest BCUT2D eigenvalue weighted by molar-refractivity contribution is 5.55. The van der Waals surface area contributed by atoms with Gasteiger partial charge in [0.05, 0.1) is 6.54 Å². The summed E-state index contributed by atoms with van der Waals surface area (Å²) in [6.45, 7) is 4.20. The Hall–Kier alpha value is -2.83. The number of benzene rings is 1. The summed E-state index contributed by atoms with van der Waals surface area (Å²) in [5.74, 6) is 0.942. The second-order valence-corrected chi connectivity index (χ2v) is 3.86. The van der Waals surface area contributed by atoms with E-state index in [1.165, 1.54) is 11.2 Å². The summed E-state index contributed by atoms with van der Waals surface area (Å²) in [5, 5.41) is 19.6. The van der Waals surface area contributed by atoms with Crippen LogP contribution < -0.4 is 0 Å². The van der Waals surface area contributed by atoms with Crippen molar-refractivity contribution >= 4 is 5.57 Å². The molecule has 2 heterocycles. The zero-order valence-electron chi connectivity index (χ0n) is 9.97. The molecule has 0 saturated carbocycles. The summed E-state index contributed by atoms with van der Waals surface area (Å²) >= 11 is 0. The van der Waals surface area contributed by atoms with Crippen molar-refractivity contribution in [3.63, 3.8) is 0 Å². The van der Waals surface area contributed by atoms with Crippen molar-refractivity contribution in [3.8, 4) is 11.4 Å². The molecule has 7 nitrogen and oxygen atoms in total. The molecule has 7 heteroatoms. The van der Waals surface area contributed by atoms with Gasteiger partial charge < -0.3 is 4.42 Å². The average Bonchev–Trinajstić information content (AvgIpc) is 3.11. The summed E-state index contributed by atoms with van der Waals surface area (Å²) in [4.78, 5) is 1.44. The van der Waals surface area contributed by atoms with Gasteiger partial charge in [-0.25, -0.2) is 0 Å². The van der Waals surface area contributed by atoms with E-state index < -0.39 is 0 Å². The van der Waals surface area contributed by atoms with Crippen LogP contribution >= 0.6 is 0 Å². The van der Waals surface area contributed by atoms with Crippen LogP contribution in [0.25, 0.3) is 17.0 Å². The Morgan fingerprint density at radius 1 is 1.21 bits per heavy atom. The van der Waals surface area contributed by atoms with Crippen molar-refractivity contribution in [1.29, 1.82) is 0 Å². The van der Waals surface area contributed by atoms with E-state index in [0.29, 0.717) is 23.8 Å². The molecule has 0 aliphatic heterocycles. The first-order valence-electron chi connectivity index (χ1n) is 5.60. The highest BCUT2D eigenvalue weighted by atomic mass is 16.4. The predicted octanol–water partition coefficient (Wildman–Crippen LogP) is 1.44. The van der Waals surface area contributed by atoms with Crippen molar-refractivity contribution < 1.29 is 4.42 Å². The molecule has 0 radical (unpaired) electrons. The summed E-state index contributed by atoms with van der Waals surface area (Å²) < 4.78 is 5.05. The van der Waals surface area contributed by atoms with Gasteiger partial charge in [-0.3, -0.25) is 0 Å². The summed E-state index contributed by atoms with van der Waals surface area (Å²) in [6, 6.07) is 9.63. The van der Waals surface area contributed by atoms with Crippen molar-refractivity contribution in [3.05, 3.63) is 49.2 Å². The smallest absolute Gasteiger partial charge is 0.244 e. The third-order valence-corrected chi connectivity index (χ3v) is 2.48. The molecule has 0 spiro atoms. The number of allylic oxidation sites excluding steroid dienone is 1. The van der Waals surface area contributed by atoms with E-state index in [2.05, 4.69) is 32.2 Å². The zero-order valence-corrected chi connectivity index (χ0v) is 9.97. The maximum Gasteiger partial charge on any atom is 0.244 e. The molecule has 0 N–H and O–H groups in total. The van der Waals surface area contributed by atoms with Gasteiger partial charge in [-0.05, 0) is 5.21 Å². The maximum atomic E-state index is 5.05. The van der Waals surface area contributed by atoms with Crippen LogP contribution in [0, 0.1) is 0 Å². The van der Waals surface area contributed by atoms with Crippen LogP contribution in [-0.2, 0) is 6.54 Å². The molecule has 3 rings (SSSR count). The standard InChI is InChI=1S/C12H10N6O/c1-9(12-15-13-8-19-12)7-18-16-11(14-17-18)10-5-3-2-4-6-10/h2-6,8H,1,7H2. The molecule has 0 saturated heterocycles. The van der Waals surface area contributed by atoms with E-state index in [1.54, 1.807) is 0 Å². The normalized spacial score (nSPS) is 10.5. The zero-order chi connectivity index (χ0) is 13.1. The Labute approximate surface area is 108 Å².